The Morgan fingerprint density at radius 3 is 2.13 bits per heavy atom. The molecule has 0 aliphatic rings. The number of urea groups is 1. The molecule has 0 aliphatic carbocycles. The highest BCUT2D eigenvalue weighted by molar-refractivity contribution is 5.96. The van der Waals surface area contributed by atoms with E-state index in [1.54, 1.807) is 61.5 Å². The monoisotopic (exact) mass is 425 g/mol. The molecule has 0 aromatic heterocycles. The van der Waals surface area contributed by atoms with Crippen molar-refractivity contribution < 1.29 is 23.9 Å². The second-order valence-corrected chi connectivity index (χ2v) is 7.00. The molecule has 8 heteroatoms. The van der Waals surface area contributed by atoms with Gasteiger partial charge in [-0.05, 0) is 31.0 Å². The van der Waals surface area contributed by atoms with Gasteiger partial charge in [-0.3, -0.25) is 19.7 Å². The predicted molar refractivity (Wildman–Crippen MR) is 115 cm³/mol. The molecule has 0 bridgehead atoms. The average molecular weight is 425 g/mol. The highest BCUT2D eigenvalue weighted by atomic mass is 16.5. The Morgan fingerprint density at radius 1 is 0.903 bits per heavy atom. The summed E-state index contributed by atoms with van der Waals surface area (Å²) in [5.74, 6) is -1.75. The van der Waals surface area contributed by atoms with E-state index in [1.165, 1.54) is 0 Å². The van der Waals surface area contributed by atoms with Crippen LogP contribution in [-0.4, -0.2) is 36.5 Å². The zero-order valence-corrected chi connectivity index (χ0v) is 17.6. The molecule has 2 aromatic rings. The van der Waals surface area contributed by atoms with Crippen molar-refractivity contribution in [2.75, 3.05) is 6.61 Å². The molecule has 0 aliphatic heterocycles. The second-order valence-electron chi connectivity index (χ2n) is 7.00. The lowest BCUT2D eigenvalue weighted by molar-refractivity contribution is -0.148. The van der Waals surface area contributed by atoms with Crippen LogP contribution in [0.3, 0.4) is 0 Å². The number of carbonyl (C=O) groups is 4. The minimum atomic E-state index is -0.737. The molecule has 0 unspecified atom stereocenters. The highest BCUT2D eigenvalue weighted by Gasteiger charge is 2.21. The first-order chi connectivity index (χ1) is 14.9. The lowest BCUT2D eigenvalue weighted by atomic mass is 10.0. The minimum Gasteiger partial charge on any atom is -0.455 e. The van der Waals surface area contributed by atoms with E-state index in [1.807, 2.05) is 13.0 Å². The molecule has 3 N–H and O–H groups in total. The molecule has 2 rings (SSSR count). The van der Waals surface area contributed by atoms with E-state index < -0.39 is 30.6 Å². The van der Waals surface area contributed by atoms with Crippen molar-refractivity contribution in [2.45, 2.75) is 38.8 Å². The van der Waals surface area contributed by atoms with E-state index in [0.717, 1.165) is 5.56 Å². The van der Waals surface area contributed by atoms with Crippen LogP contribution in [0.1, 0.15) is 48.7 Å². The summed E-state index contributed by atoms with van der Waals surface area (Å²) < 4.78 is 4.99. The molecule has 0 heterocycles. The standard InChI is InChI=1S/C23H27N3O5/c1-3-16(2)24-23(30)26-20(27)15-31-21(28)14-19(17-10-6-4-7-11-17)25-22(29)18-12-8-5-9-13-18/h4-13,16,19H,3,14-15H2,1-2H3,(H,25,29)(H2,24,26,27,30)/t16-,19-/m1/s1. The zero-order chi connectivity index (χ0) is 22.6. The van der Waals surface area contributed by atoms with Gasteiger partial charge in [0.2, 0.25) is 0 Å². The normalized spacial score (nSPS) is 12.2. The van der Waals surface area contributed by atoms with Crippen LogP contribution in [0.2, 0.25) is 0 Å². The molecule has 2 atom stereocenters. The van der Waals surface area contributed by atoms with Gasteiger partial charge in [-0.15, -0.1) is 0 Å². The smallest absolute Gasteiger partial charge is 0.321 e. The minimum absolute atomic E-state index is 0.0878. The summed E-state index contributed by atoms with van der Waals surface area (Å²) in [6, 6.07) is 16.3. The summed E-state index contributed by atoms with van der Waals surface area (Å²) in [5.41, 5.74) is 1.18. The maximum atomic E-state index is 12.5. The number of hydrogen-bond donors (Lipinski definition) is 3. The van der Waals surface area contributed by atoms with Crippen LogP contribution in [0.4, 0.5) is 4.79 Å². The molecule has 4 amide bonds. The molecule has 31 heavy (non-hydrogen) atoms. The lowest BCUT2D eigenvalue weighted by Gasteiger charge is -2.19. The third kappa shape index (κ3) is 8.30. The average Bonchev–Trinajstić information content (AvgIpc) is 2.78. The molecule has 164 valence electrons. The van der Waals surface area contributed by atoms with Crippen LogP contribution in [0, 0.1) is 0 Å². The van der Waals surface area contributed by atoms with Gasteiger partial charge in [-0.25, -0.2) is 4.79 Å². The number of hydrogen-bond acceptors (Lipinski definition) is 5. The fourth-order valence-electron chi connectivity index (χ4n) is 2.66. The molecule has 0 spiro atoms. The van der Waals surface area contributed by atoms with Crippen molar-refractivity contribution in [1.29, 1.82) is 0 Å². The van der Waals surface area contributed by atoms with Gasteiger partial charge in [0, 0.05) is 11.6 Å². The van der Waals surface area contributed by atoms with Crippen LogP contribution >= 0.6 is 0 Å². The van der Waals surface area contributed by atoms with Gasteiger partial charge < -0.3 is 15.4 Å². The Hall–Kier alpha value is -3.68. The Bertz CT molecular complexity index is 887. The van der Waals surface area contributed by atoms with Crippen molar-refractivity contribution >= 4 is 23.8 Å². The van der Waals surface area contributed by atoms with Gasteiger partial charge in [-0.1, -0.05) is 55.5 Å². The number of carbonyl (C=O) groups excluding carboxylic acids is 4. The SMILES string of the molecule is CC[C@@H](C)NC(=O)NC(=O)COC(=O)C[C@@H](NC(=O)c1ccccc1)c1ccccc1. The molecule has 0 fully saturated rings. The van der Waals surface area contributed by atoms with Crippen LogP contribution < -0.4 is 16.0 Å². The summed E-state index contributed by atoms with van der Waals surface area (Å²) in [5, 5.41) is 7.51. The van der Waals surface area contributed by atoms with Gasteiger partial charge in [0.25, 0.3) is 11.8 Å². The first kappa shape index (κ1) is 23.6. The van der Waals surface area contributed by atoms with Crippen molar-refractivity contribution in [2.24, 2.45) is 0 Å². The van der Waals surface area contributed by atoms with Gasteiger partial charge in [0.1, 0.15) is 0 Å². The van der Waals surface area contributed by atoms with E-state index in [9.17, 15) is 19.2 Å². The predicted octanol–water partition coefficient (Wildman–Crippen LogP) is 2.72. The quantitative estimate of drug-likeness (QED) is 0.535. The summed E-state index contributed by atoms with van der Waals surface area (Å²) in [4.78, 5) is 48.3. The van der Waals surface area contributed by atoms with E-state index in [2.05, 4.69) is 16.0 Å². The highest BCUT2D eigenvalue weighted by Crippen LogP contribution is 2.18. The molecule has 0 saturated carbocycles. The Balaban J connectivity index is 1.93. The fraction of sp³-hybridized carbons (Fsp3) is 0.304. The third-order valence-corrected chi connectivity index (χ3v) is 4.52. The van der Waals surface area contributed by atoms with E-state index in [0.29, 0.717) is 12.0 Å². The van der Waals surface area contributed by atoms with Crippen LogP contribution in [0.15, 0.2) is 60.7 Å². The maximum absolute atomic E-state index is 12.5. The number of benzene rings is 2. The topological polar surface area (TPSA) is 114 Å². The number of esters is 1. The number of nitrogens with one attached hydrogen (secondary N) is 3. The molecule has 8 nitrogen and oxygen atoms in total. The van der Waals surface area contributed by atoms with Crippen LogP contribution in [0.25, 0.3) is 0 Å². The van der Waals surface area contributed by atoms with Crippen molar-refractivity contribution in [3.63, 3.8) is 0 Å². The molecule has 2 aromatic carbocycles. The summed E-state index contributed by atoms with van der Waals surface area (Å²) in [6.07, 6.45) is 0.543. The lowest BCUT2D eigenvalue weighted by Crippen LogP contribution is -2.44. The summed E-state index contributed by atoms with van der Waals surface area (Å²) in [6.45, 7) is 3.10. The summed E-state index contributed by atoms with van der Waals surface area (Å²) in [7, 11) is 0. The van der Waals surface area contributed by atoms with Gasteiger partial charge in [0.05, 0.1) is 12.5 Å². The fourth-order valence-corrected chi connectivity index (χ4v) is 2.66. The van der Waals surface area contributed by atoms with E-state index >= 15 is 0 Å². The van der Waals surface area contributed by atoms with E-state index in [-0.39, 0.29) is 18.4 Å². The van der Waals surface area contributed by atoms with Gasteiger partial charge >= 0.3 is 12.0 Å². The summed E-state index contributed by atoms with van der Waals surface area (Å²) >= 11 is 0. The number of rotatable bonds is 9. The largest absolute Gasteiger partial charge is 0.455 e. The number of imide groups is 1. The number of ether oxygens (including phenoxy) is 1. The van der Waals surface area contributed by atoms with E-state index in [4.69, 9.17) is 4.74 Å². The first-order valence-electron chi connectivity index (χ1n) is 10.1. The van der Waals surface area contributed by atoms with Crippen LogP contribution in [-0.2, 0) is 14.3 Å². The van der Waals surface area contributed by atoms with Crippen molar-refractivity contribution in [3.8, 4) is 0 Å². The van der Waals surface area contributed by atoms with Crippen LogP contribution in [0.5, 0.6) is 0 Å². The molecular weight excluding hydrogens is 398 g/mol. The molecular formula is C23H27N3O5. The maximum Gasteiger partial charge on any atom is 0.321 e. The third-order valence-electron chi connectivity index (χ3n) is 4.52. The molecule has 0 radical (unpaired) electrons. The van der Waals surface area contributed by atoms with Crippen molar-refractivity contribution in [1.82, 2.24) is 16.0 Å². The van der Waals surface area contributed by atoms with Gasteiger partial charge in [0.15, 0.2) is 6.61 Å². The van der Waals surface area contributed by atoms with Gasteiger partial charge in [-0.2, -0.15) is 0 Å². The number of amides is 4. The zero-order valence-electron chi connectivity index (χ0n) is 17.6. The second kappa shape index (κ2) is 12.1. The Labute approximate surface area is 181 Å². The Morgan fingerprint density at radius 2 is 1.52 bits per heavy atom. The Kier molecular flexibility index (Phi) is 9.22. The first-order valence-corrected chi connectivity index (χ1v) is 10.1. The van der Waals surface area contributed by atoms with Crippen molar-refractivity contribution in [3.05, 3.63) is 71.8 Å². The molecule has 0 saturated heterocycles.